The molecule has 8 aromatic carbocycles. The van der Waals surface area contributed by atoms with Gasteiger partial charge >= 0.3 is 0 Å². The Balaban J connectivity index is 1.01. The SMILES string of the molecule is c1ccc(-c2cc(-c3ccc(-c4ccc(-c5ccc6c(c5)c5ccccc5n6-c5ccccc5)cc4)cc3)c3c(ccc4ccccc43)n2)cc1. The summed E-state index contributed by atoms with van der Waals surface area (Å²) >= 11 is 0. The quantitative estimate of drug-likeness (QED) is 0.170. The number of nitrogens with zero attached hydrogens (tertiary/aromatic N) is 2. The predicted molar refractivity (Wildman–Crippen MR) is 215 cm³/mol. The van der Waals surface area contributed by atoms with E-state index in [1.165, 1.54) is 77.0 Å². The zero-order valence-corrected chi connectivity index (χ0v) is 27.9. The van der Waals surface area contributed by atoms with Crippen LogP contribution < -0.4 is 0 Å². The third kappa shape index (κ3) is 5.00. The number of para-hydroxylation sites is 2. The summed E-state index contributed by atoms with van der Waals surface area (Å²) in [6.07, 6.45) is 0. The standard InChI is InChI=1S/C49H32N2/c1-3-12-38(13-4-1)46-32-43(49-41-16-8-7-11-36(41)27-29-45(49)50-46)37-25-23-34(24-26-37)33-19-21-35(22-20-33)39-28-30-48-44(31-39)42-17-9-10-18-47(42)51(48)40-14-5-2-6-15-40/h1-32H. The fourth-order valence-electron chi connectivity index (χ4n) is 7.70. The first kappa shape index (κ1) is 29.2. The van der Waals surface area contributed by atoms with Gasteiger partial charge in [0.05, 0.1) is 22.2 Å². The number of hydrogen-bond donors (Lipinski definition) is 0. The number of aromatic nitrogens is 2. The van der Waals surface area contributed by atoms with E-state index >= 15 is 0 Å². The highest BCUT2D eigenvalue weighted by Gasteiger charge is 2.15. The molecule has 10 rings (SSSR count). The molecule has 2 heteroatoms. The zero-order chi connectivity index (χ0) is 33.7. The van der Waals surface area contributed by atoms with Gasteiger partial charge in [-0.15, -0.1) is 0 Å². The Labute approximate surface area is 296 Å². The van der Waals surface area contributed by atoms with Gasteiger partial charge < -0.3 is 4.57 Å². The lowest BCUT2D eigenvalue weighted by molar-refractivity contribution is 1.18. The molecule has 0 bridgehead atoms. The van der Waals surface area contributed by atoms with E-state index in [1.54, 1.807) is 0 Å². The molecule has 0 fully saturated rings. The van der Waals surface area contributed by atoms with Crippen LogP contribution in [0.5, 0.6) is 0 Å². The average molecular weight is 649 g/mol. The average Bonchev–Trinajstić information content (AvgIpc) is 3.55. The smallest absolute Gasteiger partial charge is 0.0722 e. The van der Waals surface area contributed by atoms with Gasteiger partial charge in [0.1, 0.15) is 0 Å². The molecule has 2 aromatic heterocycles. The summed E-state index contributed by atoms with van der Waals surface area (Å²) in [5.41, 5.74) is 13.9. The molecule has 0 aliphatic rings. The first-order valence-electron chi connectivity index (χ1n) is 17.5. The Morgan fingerprint density at radius 2 is 0.922 bits per heavy atom. The van der Waals surface area contributed by atoms with E-state index < -0.39 is 0 Å². The van der Waals surface area contributed by atoms with Crippen molar-refractivity contribution >= 4 is 43.5 Å². The van der Waals surface area contributed by atoms with Crippen molar-refractivity contribution in [3.05, 3.63) is 194 Å². The largest absolute Gasteiger partial charge is 0.309 e. The summed E-state index contributed by atoms with van der Waals surface area (Å²) in [4.78, 5) is 5.13. The second-order valence-electron chi connectivity index (χ2n) is 13.2. The van der Waals surface area contributed by atoms with E-state index in [-0.39, 0.29) is 0 Å². The topological polar surface area (TPSA) is 17.8 Å². The fraction of sp³-hybridized carbons (Fsp3) is 0. The number of pyridine rings is 1. The maximum absolute atomic E-state index is 5.13. The third-order valence-corrected chi connectivity index (χ3v) is 10.2. The third-order valence-electron chi connectivity index (χ3n) is 10.2. The van der Waals surface area contributed by atoms with E-state index in [9.17, 15) is 0 Å². The molecule has 0 saturated heterocycles. The van der Waals surface area contributed by atoms with Crippen LogP contribution in [0.25, 0.3) is 93.8 Å². The molecule has 0 spiro atoms. The van der Waals surface area contributed by atoms with E-state index in [1.807, 2.05) is 0 Å². The Morgan fingerprint density at radius 3 is 1.67 bits per heavy atom. The molecule has 0 saturated carbocycles. The van der Waals surface area contributed by atoms with Crippen molar-refractivity contribution in [3.8, 4) is 50.3 Å². The van der Waals surface area contributed by atoms with Crippen molar-refractivity contribution in [2.45, 2.75) is 0 Å². The normalized spacial score (nSPS) is 11.5. The lowest BCUT2D eigenvalue weighted by Gasteiger charge is -2.14. The molecule has 0 aliphatic carbocycles. The molecule has 10 aromatic rings. The molecule has 0 unspecified atom stereocenters. The van der Waals surface area contributed by atoms with Crippen LogP contribution in [-0.2, 0) is 0 Å². The van der Waals surface area contributed by atoms with Gasteiger partial charge in [0.2, 0.25) is 0 Å². The van der Waals surface area contributed by atoms with Gasteiger partial charge in [-0.1, -0.05) is 152 Å². The van der Waals surface area contributed by atoms with Crippen LogP contribution in [0.4, 0.5) is 0 Å². The summed E-state index contributed by atoms with van der Waals surface area (Å²) in [5.74, 6) is 0. The highest BCUT2D eigenvalue weighted by Crippen LogP contribution is 2.38. The van der Waals surface area contributed by atoms with Gasteiger partial charge in [0, 0.05) is 27.4 Å². The monoisotopic (exact) mass is 648 g/mol. The van der Waals surface area contributed by atoms with Crippen molar-refractivity contribution in [1.82, 2.24) is 9.55 Å². The number of fused-ring (bicyclic) bond motifs is 6. The molecule has 238 valence electrons. The molecular formula is C49H32N2. The van der Waals surface area contributed by atoms with Crippen LogP contribution in [0.3, 0.4) is 0 Å². The summed E-state index contributed by atoms with van der Waals surface area (Å²) in [6, 6.07) is 69.8. The number of benzene rings is 8. The molecule has 2 heterocycles. The van der Waals surface area contributed by atoms with E-state index in [4.69, 9.17) is 4.98 Å². The van der Waals surface area contributed by atoms with Crippen LogP contribution in [0, 0.1) is 0 Å². The lowest BCUT2D eigenvalue weighted by atomic mass is 9.93. The van der Waals surface area contributed by atoms with Gasteiger partial charge in [-0.3, -0.25) is 0 Å². The maximum atomic E-state index is 5.13. The molecule has 0 amide bonds. The van der Waals surface area contributed by atoms with E-state index in [0.29, 0.717) is 0 Å². The van der Waals surface area contributed by atoms with Crippen LogP contribution in [-0.4, -0.2) is 9.55 Å². The summed E-state index contributed by atoms with van der Waals surface area (Å²) < 4.78 is 2.36. The minimum absolute atomic E-state index is 0.982. The van der Waals surface area contributed by atoms with Crippen molar-refractivity contribution in [2.75, 3.05) is 0 Å². The van der Waals surface area contributed by atoms with Gasteiger partial charge in [0.15, 0.2) is 0 Å². The second-order valence-corrected chi connectivity index (χ2v) is 13.2. The summed E-state index contributed by atoms with van der Waals surface area (Å²) in [5, 5.41) is 6.16. The summed E-state index contributed by atoms with van der Waals surface area (Å²) in [7, 11) is 0. The first-order valence-corrected chi connectivity index (χ1v) is 17.5. The highest BCUT2D eigenvalue weighted by molar-refractivity contribution is 6.14. The van der Waals surface area contributed by atoms with Crippen molar-refractivity contribution in [3.63, 3.8) is 0 Å². The van der Waals surface area contributed by atoms with E-state index in [0.717, 1.165) is 16.8 Å². The fourth-order valence-corrected chi connectivity index (χ4v) is 7.70. The van der Waals surface area contributed by atoms with Crippen molar-refractivity contribution in [1.29, 1.82) is 0 Å². The number of hydrogen-bond acceptors (Lipinski definition) is 1. The molecular weight excluding hydrogens is 617 g/mol. The van der Waals surface area contributed by atoms with Gasteiger partial charge in [0.25, 0.3) is 0 Å². The number of rotatable bonds is 5. The van der Waals surface area contributed by atoms with Crippen LogP contribution >= 0.6 is 0 Å². The van der Waals surface area contributed by atoms with E-state index in [2.05, 4.69) is 199 Å². The zero-order valence-electron chi connectivity index (χ0n) is 27.9. The Morgan fingerprint density at radius 1 is 0.353 bits per heavy atom. The van der Waals surface area contributed by atoms with Gasteiger partial charge in [-0.2, -0.15) is 0 Å². The molecule has 0 radical (unpaired) electrons. The molecule has 0 atom stereocenters. The Kier molecular flexibility index (Phi) is 6.85. The van der Waals surface area contributed by atoms with Crippen molar-refractivity contribution < 1.29 is 0 Å². The Bertz CT molecular complexity index is 2870. The van der Waals surface area contributed by atoms with Crippen molar-refractivity contribution in [2.24, 2.45) is 0 Å². The highest BCUT2D eigenvalue weighted by atomic mass is 15.0. The minimum Gasteiger partial charge on any atom is -0.309 e. The maximum Gasteiger partial charge on any atom is 0.0722 e. The molecule has 0 aliphatic heterocycles. The Hall–Kier alpha value is -6.77. The van der Waals surface area contributed by atoms with Gasteiger partial charge in [-0.25, -0.2) is 4.98 Å². The molecule has 51 heavy (non-hydrogen) atoms. The van der Waals surface area contributed by atoms with Crippen LogP contribution in [0.2, 0.25) is 0 Å². The molecule has 0 N–H and O–H groups in total. The minimum atomic E-state index is 0.982. The second kappa shape index (κ2) is 12.0. The summed E-state index contributed by atoms with van der Waals surface area (Å²) in [6.45, 7) is 0. The van der Waals surface area contributed by atoms with Crippen LogP contribution in [0.1, 0.15) is 0 Å². The first-order chi connectivity index (χ1) is 25.3. The van der Waals surface area contributed by atoms with Crippen LogP contribution in [0.15, 0.2) is 194 Å². The van der Waals surface area contributed by atoms with Gasteiger partial charge in [-0.05, 0) is 86.6 Å². The molecule has 2 nitrogen and oxygen atoms in total. The lowest BCUT2D eigenvalue weighted by Crippen LogP contribution is -1.92. The predicted octanol–water partition coefficient (Wildman–Crippen LogP) is 13.2.